The van der Waals surface area contributed by atoms with Crippen molar-refractivity contribution in [2.75, 3.05) is 0 Å². The molecule has 0 radical (unpaired) electrons. The lowest BCUT2D eigenvalue weighted by atomic mass is 9.91. The molecule has 0 spiro atoms. The van der Waals surface area contributed by atoms with Crippen LogP contribution in [0.1, 0.15) is 43.2 Å². The van der Waals surface area contributed by atoms with Crippen LogP contribution in [0.15, 0.2) is 66.7 Å². The number of hydrogen-bond acceptors (Lipinski definition) is 2. The maximum absolute atomic E-state index is 13.3. The molecule has 4 rings (SSSR count). The predicted molar refractivity (Wildman–Crippen MR) is 98.5 cm³/mol. The van der Waals surface area contributed by atoms with Crippen LogP contribution in [0, 0.1) is 0 Å². The summed E-state index contributed by atoms with van der Waals surface area (Å²) in [6.07, 6.45) is 7.09. The highest BCUT2D eigenvalue weighted by Gasteiger charge is 2.48. The first-order valence-electron chi connectivity index (χ1n) is 9.10. The van der Waals surface area contributed by atoms with Crippen LogP contribution in [0.25, 0.3) is 5.57 Å². The Balaban J connectivity index is 1.81. The van der Waals surface area contributed by atoms with Crippen LogP contribution in [0.4, 0.5) is 0 Å². The molecule has 2 aromatic rings. The van der Waals surface area contributed by atoms with Crippen molar-refractivity contribution in [3.8, 4) is 0 Å². The molecule has 1 aliphatic carbocycles. The summed E-state index contributed by atoms with van der Waals surface area (Å²) in [5, 5.41) is 11.6. The molecule has 128 valence electrons. The summed E-state index contributed by atoms with van der Waals surface area (Å²) >= 11 is 0. The third-order valence-corrected chi connectivity index (χ3v) is 5.39. The monoisotopic (exact) mass is 333 g/mol. The van der Waals surface area contributed by atoms with Crippen molar-refractivity contribution in [2.45, 2.75) is 43.9 Å². The van der Waals surface area contributed by atoms with E-state index in [2.05, 4.69) is 0 Å². The second kappa shape index (κ2) is 6.49. The normalized spacial score (nSPS) is 24.4. The molecule has 1 heterocycles. The van der Waals surface area contributed by atoms with Gasteiger partial charge in [0, 0.05) is 17.2 Å². The van der Waals surface area contributed by atoms with Gasteiger partial charge in [-0.25, -0.2) is 0 Å². The van der Waals surface area contributed by atoms with E-state index in [1.807, 2.05) is 60.7 Å². The number of amides is 1. The van der Waals surface area contributed by atoms with Crippen LogP contribution in [-0.2, 0) is 10.5 Å². The number of hydrogen-bond donors (Lipinski definition) is 1. The van der Waals surface area contributed by atoms with E-state index in [1.165, 1.54) is 6.42 Å². The van der Waals surface area contributed by atoms with Crippen LogP contribution < -0.4 is 0 Å². The van der Waals surface area contributed by atoms with Crippen LogP contribution in [0.2, 0.25) is 0 Å². The minimum atomic E-state index is -1.37. The fourth-order valence-electron chi connectivity index (χ4n) is 4.13. The minimum Gasteiger partial charge on any atom is -0.363 e. The Morgan fingerprint density at radius 3 is 2.12 bits per heavy atom. The standard InChI is InChI=1S/C22H23NO2/c24-21-20(17-10-4-1-5-11-17)16-22(25,18-12-6-2-7-13-18)23(21)19-14-8-3-9-15-19/h1-2,4-7,10-13,16,19,25H,3,8-9,14-15H2. The first-order valence-corrected chi connectivity index (χ1v) is 9.10. The molecule has 3 nitrogen and oxygen atoms in total. The molecule has 1 N–H and O–H groups in total. The van der Waals surface area contributed by atoms with Crippen molar-refractivity contribution in [1.82, 2.24) is 4.90 Å². The van der Waals surface area contributed by atoms with Crippen molar-refractivity contribution in [1.29, 1.82) is 0 Å². The Morgan fingerprint density at radius 1 is 0.880 bits per heavy atom. The zero-order valence-electron chi connectivity index (χ0n) is 14.3. The van der Waals surface area contributed by atoms with Gasteiger partial charge in [0.1, 0.15) is 0 Å². The Hall–Kier alpha value is -2.39. The second-order valence-electron chi connectivity index (χ2n) is 6.98. The molecule has 0 bridgehead atoms. The van der Waals surface area contributed by atoms with E-state index in [0.29, 0.717) is 5.57 Å². The van der Waals surface area contributed by atoms with Crippen molar-refractivity contribution in [3.63, 3.8) is 0 Å². The quantitative estimate of drug-likeness (QED) is 0.919. The molecule has 1 unspecified atom stereocenters. The zero-order valence-corrected chi connectivity index (χ0v) is 14.3. The van der Waals surface area contributed by atoms with Gasteiger partial charge in [-0.2, -0.15) is 0 Å². The van der Waals surface area contributed by atoms with E-state index in [0.717, 1.165) is 36.8 Å². The third kappa shape index (κ3) is 2.79. The van der Waals surface area contributed by atoms with Crippen LogP contribution in [0.3, 0.4) is 0 Å². The van der Waals surface area contributed by atoms with Gasteiger partial charge in [-0.15, -0.1) is 0 Å². The number of nitrogens with zero attached hydrogens (tertiary/aromatic N) is 1. The van der Waals surface area contributed by atoms with Gasteiger partial charge < -0.3 is 5.11 Å². The highest BCUT2D eigenvalue weighted by Crippen LogP contribution is 2.42. The van der Waals surface area contributed by atoms with Gasteiger partial charge in [-0.05, 0) is 24.5 Å². The van der Waals surface area contributed by atoms with Crippen molar-refractivity contribution >= 4 is 11.5 Å². The Labute approximate surface area is 148 Å². The lowest BCUT2D eigenvalue weighted by Crippen LogP contribution is -2.50. The summed E-state index contributed by atoms with van der Waals surface area (Å²) in [6.45, 7) is 0. The summed E-state index contributed by atoms with van der Waals surface area (Å²) in [5.74, 6) is -0.0653. The van der Waals surface area contributed by atoms with Gasteiger partial charge in [-0.3, -0.25) is 9.69 Å². The first-order chi connectivity index (χ1) is 12.2. The number of rotatable bonds is 3. The maximum atomic E-state index is 13.3. The van der Waals surface area contributed by atoms with Gasteiger partial charge in [0.15, 0.2) is 5.72 Å². The van der Waals surface area contributed by atoms with Gasteiger partial charge in [0.25, 0.3) is 5.91 Å². The molecule has 0 saturated heterocycles. The highest BCUT2D eigenvalue weighted by molar-refractivity contribution is 6.22. The Morgan fingerprint density at radius 2 is 1.48 bits per heavy atom. The molecular weight excluding hydrogens is 310 g/mol. The highest BCUT2D eigenvalue weighted by atomic mass is 16.3. The van der Waals surface area contributed by atoms with Crippen molar-refractivity contribution in [2.24, 2.45) is 0 Å². The van der Waals surface area contributed by atoms with Gasteiger partial charge in [0.2, 0.25) is 0 Å². The zero-order chi connectivity index (χ0) is 17.3. The summed E-state index contributed by atoms with van der Waals surface area (Å²) in [6, 6.07) is 19.3. The van der Waals surface area contributed by atoms with E-state index >= 15 is 0 Å². The first kappa shape index (κ1) is 16.1. The molecule has 2 aromatic carbocycles. The molecule has 1 aliphatic heterocycles. The van der Waals surface area contributed by atoms with E-state index in [9.17, 15) is 9.90 Å². The van der Waals surface area contributed by atoms with Gasteiger partial charge >= 0.3 is 0 Å². The molecule has 0 aromatic heterocycles. The summed E-state index contributed by atoms with van der Waals surface area (Å²) in [7, 11) is 0. The maximum Gasteiger partial charge on any atom is 0.257 e. The molecule has 1 saturated carbocycles. The van der Waals surface area contributed by atoms with E-state index < -0.39 is 5.72 Å². The molecule has 1 atom stereocenters. The second-order valence-corrected chi connectivity index (χ2v) is 6.98. The number of aliphatic hydroxyl groups is 1. The molecule has 1 fully saturated rings. The SMILES string of the molecule is O=C1C(c2ccccc2)=CC(O)(c2ccccc2)N1C1CCCCC1. The molecule has 2 aliphatic rings. The third-order valence-electron chi connectivity index (χ3n) is 5.39. The van der Waals surface area contributed by atoms with E-state index in [-0.39, 0.29) is 11.9 Å². The smallest absolute Gasteiger partial charge is 0.257 e. The fourth-order valence-corrected chi connectivity index (χ4v) is 4.13. The van der Waals surface area contributed by atoms with Gasteiger partial charge in [0.05, 0.1) is 0 Å². The summed E-state index contributed by atoms with van der Waals surface area (Å²) in [4.78, 5) is 15.0. The molecule has 3 heteroatoms. The van der Waals surface area contributed by atoms with Crippen LogP contribution in [0.5, 0.6) is 0 Å². The average Bonchev–Trinajstić information content (AvgIpc) is 2.96. The number of carbonyl (C=O) groups excluding carboxylic acids is 1. The van der Waals surface area contributed by atoms with Crippen molar-refractivity contribution < 1.29 is 9.90 Å². The average molecular weight is 333 g/mol. The predicted octanol–water partition coefficient (Wildman–Crippen LogP) is 4.09. The summed E-state index contributed by atoms with van der Waals surface area (Å²) < 4.78 is 0. The van der Waals surface area contributed by atoms with Gasteiger partial charge in [-0.1, -0.05) is 79.9 Å². The lowest BCUT2D eigenvalue weighted by Gasteiger charge is -2.41. The van der Waals surface area contributed by atoms with Crippen LogP contribution in [-0.4, -0.2) is 22.0 Å². The Bertz CT molecular complexity index is 778. The van der Waals surface area contributed by atoms with E-state index in [1.54, 1.807) is 11.0 Å². The molecular formula is C22H23NO2. The summed E-state index contributed by atoms with van der Waals surface area (Å²) in [5.41, 5.74) is 0.837. The topological polar surface area (TPSA) is 40.5 Å². The molecule has 1 amide bonds. The van der Waals surface area contributed by atoms with Crippen molar-refractivity contribution in [3.05, 3.63) is 77.9 Å². The number of benzene rings is 2. The fraction of sp³-hybridized carbons (Fsp3) is 0.318. The molecule has 25 heavy (non-hydrogen) atoms. The van der Waals surface area contributed by atoms with Crippen LogP contribution >= 0.6 is 0 Å². The number of carbonyl (C=O) groups is 1. The Kier molecular flexibility index (Phi) is 4.18. The lowest BCUT2D eigenvalue weighted by molar-refractivity contribution is -0.150. The van der Waals surface area contributed by atoms with E-state index in [4.69, 9.17) is 0 Å². The minimum absolute atomic E-state index is 0.0653. The largest absolute Gasteiger partial charge is 0.363 e.